The van der Waals surface area contributed by atoms with E-state index in [-0.39, 0.29) is 12.1 Å². The summed E-state index contributed by atoms with van der Waals surface area (Å²) in [6.45, 7) is 0. The Morgan fingerprint density at radius 3 is 2.55 bits per heavy atom. The van der Waals surface area contributed by atoms with Crippen molar-refractivity contribution in [3.05, 3.63) is 40.2 Å². The zero-order valence-electron chi connectivity index (χ0n) is 12.2. The molecule has 0 amide bonds. The number of hydrogen-bond donors (Lipinski definition) is 1. The number of carbonyl (C=O) groups is 1. The van der Waals surface area contributed by atoms with Crippen LogP contribution in [0.25, 0.3) is 11.1 Å². The van der Waals surface area contributed by atoms with Crippen LogP contribution in [0.5, 0.6) is 0 Å². The van der Waals surface area contributed by atoms with Crippen LogP contribution in [0.15, 0.2) is 29.6 Å². The first-order chi connectivity index (χ1) is 10.6. The third-order valence-corrected chi connectivity index (χ3v) is 5.07. The molecule has 1 saturated carbocycles. The van der Waals surface area contributed by atoms with Crippen LogP contribution in [0.4, 0.5) is 5.00 Å². The van der Waals surface area contributed by atoms with Crippen molar-refractivity contribution in [1.29, 1.82) is 0 Å². The molecule has 0 aliphatic heterocycles. The fraction of sp³-hybridized carbons (Fsp3) is 0.353. The quantitative estimate of drug-likeness (QED) is 0.790. The van der Waals surface area contributed by atoms with Gasteiger partial charge in [0.15, 0.2) is 0 Å². The van der Waals surface area contributed by atoms with E-state index in [0.717, 1.165) is 36.8 Å². The zero-order chi connectivity index (χ0) is 15.5. The van der Waals surface area contributed by atoms with E-state index in [2.05, 4.69) is 0 Å². The molecule has 0 spiro atoms. The number of carbonyl (C=O) groups excluding carboxylic acids is 1. The van der Waals surface area contributed by atoms with Crippen molar-refractivity contribution in [1.82, 2.24) is 0 Å². The van der Waals surface area contributed by atoms with Gasteiger partial charge in [0.1, 0.15) is 16.7 Å². The van der Waals surface area contributed by atoms with Gasteiger partial charge in [-0.2, -0.15) is 0 Å². The van der Waals surface area contributed by atoms with E-state index in [1.54, 1.807) is 12.1 Å². The maximum Gasteiger partial charge on any atom is 0.342 e. The second-order valence-corrected chi connectivity index (χ2v) is 6.91. The molecule has 3 rings (SSSR count). The molecule has 1 heterocycles. The highest BCUT2D eigenvalue weighted by molar-refractivity contribution is 7.14. The lowest BCUT2D eigenvalue weighted by Crippen LogP contribution is -2.21. The molecule has 3 nitrogen and oxygen atoms in total. The highest BCUT2D eigenvalue weighted by atomic mass is 35.5. The summed E-state index contributed by atoms with van der Waals surface area (Å²) in [6.07, 6.45) is 5.41. The normalized spacial score (nSPS) is 15.7. The van der Waals surface area contributed by atoms with Crippen LogP contribution >= 0.6 is 22.9 Å². The van der Waals surface area contributed by atoms with Gasteiger partial charge >= 0.3 is 5.97 Å². The van der Waals surface area contributed by atoms with Crippen molar-refractivity contribution in [3.8, 4) is 11.1 Å². The van der Waals surface area contributed by atoms with Gasteiger partial charge in [0.2, 0.25) is 0 Å². The summed E-state index contributed by atoms with van der Waals surface area (Å²) in [7, 11) is 0. The van der Waals surface area contributed by atoms with Crippen LogP contribution in [0.3, 0.4) is 0 Å². The third-order valence-electron chi connectivity index (χ3n) is 4.00. The molecule has 116 valence electrons. The third kappa shape index (κ3) is 3.28. The fourth-order valence-electron chi connectivity index (χ4n) is 2.82. The average molecular weight is 336 g/mol. The van der Waals surface area contributed by atoms with Crippen LogP contribution in [0, 0.1) is 0 Å². The molecule has 5 heteroatoms. The minimum absolute atomic E-state index is 0.0265. The van der Waals surface area contributed by atoms with Crippen molar-refractivity contribution in [2.45, 2.75) is 38.2 Å². The van der Waals surface area contributed by atoms with Crippen molar-refractivity contribution >= 4 is 33.9 Å². The molecular weight excluding hydrogens is 318 g/mol. The first-order valence-corrected chi connectivity index (χ1v) is 8.75. The standard InChI is InChI=1S/C17H18ClNO2S/c18-12-8-6-11(7-9-12)14-10-22-16(19)15(14)17(20)21-13-4-2-1-3-5-13/h6-10,13H,1-5,19H2. The van der Waals surface area contributed by atoms with E-state index in [9.17, 15) is 4.79 Å². The summed E-state index contributed by atoms with van der Waals surface area (Å²) in [4.78, 5) is 12.5. The number of rotatable bonds is 3. The zero-order valence-corrected chi connectivity index (χ0v) is 13.8. The number of nitrogen functional groups attached to an aromatic ring is 1. The lowest BCUT2D eigenvalue weighted by Gasteiger charge is -2.22. The molecule has 2 aromatic rings. The molecule has 1 aromatic carbocycles. The minimum Gasteiger partial charge on any atom is -0.459 e. The Bertz CT molecular complexity index is 660. The largest absolute Gasteiger partial charge is 0.459 e. The topological polar surface area (TPSA) is 52.3 Å². The second-order valence-electron chi connectivity index (χ2n) is 5.56. The lowest BCUT2D eigenvalue weighted by molar-refractivity contribution is 0.0214. The number of hydrogen-bond acceptors (Lipinski definition) is 4. The minimum atomic E-state index is -0.310. The Morgan fingerprint density at radius 2 is 1.86 bits per heavy atom. The summed E-state index contributed by atoms with van der Waals surface area (Å²) in [5.74, 6) is -0.310. The fourth-order valence-corrected chi connectivity index (χ4v) is 3.75. The Labute approximate surface area is 139 Å². The lowest BCUT2D eigenvalue weighted by atomic mass is 9.97. The Balaban J connectivity index is 1.85. The Hall–Kier alpha value is -1.52. The van der Waals surface area contributed by atoms with Crippen LogP contribution < -0.4 is 5.73 Å². The summed E-state index contributed by atoms with van der Waals surface area (Å²) >= 11 is 7.29. The molecule has 2 N–H and O–H groups in total. The smallest absolute Gasteiger partial charge is 0.342 e. The van der Waals surface area contributed by atoms with E-state index in [1.165, 1.54) is 17.8 Å². The number of anilines is 1. The van der Waals surface area contributed by atoms with Gasteiger partial charge in [-0.15, -0.1) is 11.3 Å². The highest BCUT2D eigenvalue weighted by Gasteiger charge is 2.24. The van der Waals surface area contributed by atoms with Crippen LogP contribution in [0.2, 0.25) is 5.02 Å². The van der Waals surface area contributed by atoms with E-state index >= 15 is 0 Å². The molecule has 0 saturated heterocycles. The van der Waals surface area contributed by atoms with Crippen LogP contribution in [-0.2, 0) is 4.74 Å². The van der Waals surface area contributed by atoms with Crippen molar-refractivity contribution in [2.24, 2.45) is 0 Å². The number of benzene rings is 1. The SMILES string of the molecule is Nc1scc(-c2ccc(Cl)cc2)c1C(=O)OC1CCCCC1. The number of halogens is 1. The second kappa shape index (κ2) is 6.71. The number of esters is 1. The maximum absolute atomic E-state index is 12.5. The van der Waals surface area contributed by atoms with Gasteiger partial charge in [-0.05, 0) is 43.4 Å². The van der Waals surface area contributed by atoms with Crippen molar-refractivity contribution in [2.75, 3.05) is 5.73 Å². The van der Waals surface area contributed by atoms with Crippen molar-refractivity contribution in [3.63, 3.8) is 0 Å². The molecule has 22 heavy (non-hydrogen) atoms. The number of ether oxygens (including phenoxy) is 1. The molecule has 1 aliphatic carbocycles. The molecule has 1 aromatic heterocycles. The first kappa shape index (κ1) is 15.4. The molecule has 0 bridgehead atoms. The molecule has 1 aliphatic rings. The summed E-state index contributed by atoms with van der Waals surface area (Å²) in [6, 6.07) is 7.39. The number of thiophene rings is 1. The van der Waals surface area contributed by atoms with Crippen molar-refractivity contribution < 1.29 is 9.53 Å². The summed E-state index contributed by atoms with van der Waals surface area (Å²) in [5, 5.41) is 3.07. The van der Waals surface area contributed by atoms with E-state index in [0.29, 0.717) is 15.6 Å². The predicted octanol–water partition coefficient (Wildman–Crippen LogP) is 5.14. The van der Waals surface area contributed by atoms with Gasteiger partial charge in [-0.1, -0.05) is 30.2 Å². The Morgan fingerprint density at radius 1 is 1.18 bits per heavy atom. The van der Waals surface area contributed by atoms with Gasteiger partial charge in [-0.25, -0.2) is 4.79 Å². The average Bonchev–Trinajstić information content (AvgIpc) is 2.91. The van der Waals surface area contributed by atoms with Gasteiger partial charge in [0.05, 0.1) is 0 Å². The Kier molecular flexibility index (Phi) is 4.69. The highest BCUT2D eigenvalue weighted by Crippen LogP contribution is 2.35. The first-order valence-electron chi connectivity index (χ1n) is 7.49. The van der Waals surface area contributed by atoms with E-state index < -0.39 is 0 Å². The van der Waals surface area contributed by atoms with Gasteiger partial charge in [-0.3, -0.25) is 0 Å². The monoisotopic (exact) mass is 335 g/mol. The summed E-state index contributed by atoms with van der Waals surface area (Å²) in [5.41, 5.74) is 8.23. The molecule has 1 fully saturated rings. The van der Waals surface area contributed by atoms with Gasteiger partial charge in [0, 0.05) is 16.0 Å². The van der Waals surface area contributed by atoms with E-state index in [4.69, 9.17) is 22.1 Å². The van der Waals surface area contributed by atoms with Gasteiger partial charge in [0.25, 0.3) is 0 Å². The van der Waals surface area contributed by atoms with E-state index in [1.807, 2.05) is 17.5 Å². The summed E-state index contributed by atoms with van der Waals surface area (Å²) < 4.78 is 5.66. The molecule has 0 radical (unpaired) electrons. The maximum atomic E-state index is 12.5. The van der Waals surface area contributed by atoms with Crippen LogP contribution in [0.1, 0.15) is 42.5 Å². The predicted molar refractivity (Wildman–Crippen MR) is 91.5 cm³/mol. The van der Waals surface area contributed by atoms with Gasteiger partial charge < -0.3 is 10.5 Å². The molecule has 0 unspecified atom stereocenters. The molecule has 0 atom stereocenters. The number of nitrogens with two attached hydrogens (primary N) is 1. The molecular formula is C17H18ClNO2S. The van der Waals surface area contributed by atoms with Crippen LogP contribution in [-0.4, -0.2) is 12.1 Å².